The zero-order chi connectivity index (χ0) is 12.7. The number of hydrogen-bond donors (Lipinski definition) is 2. The summed E-state index contributed by atoms with van der Waals surface area (Å²) in [6.07, 6.45) is 0.884. The number of carboxylic acids is 1. The van der Waals surface area contributed by atoms with E-state index in [1.807, 2.05) is 18.7 Å². The standard InChI is InChI=1S/C11H20N2O3S/c1-2-9(7-10(14)15)8-12-11(16)13-3-5-17-6-4-13/h9H,2-8H2,1H3,(H,12,16)(H,14,15). The summed E-state index contributed by atoms with van der Waals surface area (Å²) in [7, 11) is 0. The Hall–Kier alpha value is -0.910. The molecule has 1 aliphatic rings. The van der Waals surface area contributed by atoms with Gasteiger partial charge in [0.25, 0.3) is 0 Å². The lowest BCUT2D eigenvalue weighted by atomic mass is 10.0. The van der Waals surface area contributed by atoms with Crippen LogP contribution < -0.4 is 5.32 Å². The molecule has 1 aliphatic heterocycles. The lowest BCUT2D eigenvalue weighted by Gasteiger charge is -2.27. The van der Waals surface area contributed by atoms with Crippen molar-refractivity contribution < 1.29 is 14.7 Å². The molecule has 2 amide bonds. The van der Waals surface area contributed by atoms with Crippen molar-refractivity contribution in [3.05, 3.63) is 0 Å². The Morgan fingerprint density at radius 2 is 2.06 bits per heavy atom. The molecule has 0 aromatic carbocycles. The maximum Gasteiger partial charge on any atom is 0.317 e. The average Bonchev–Trinajstić information content (AvgIpc) is 2.34. The van der Waals surface area contributed by atoms with Crippen molar-refractivity contribution in [1.29, 1.82) is 0 Å². The number of rotatable bonds is 5. The van der Waals surface area contributed by atoms with Gasteiger partial charge >= 0.3 is 12.0 Å². The number of thioether (sulfide) groups is 1. The van der Waals surface area contributed by atoms with Crippen LogP contribution in [0.25, 0.3) is 0 Å². The van der Waals surface area contributed by atoms with Crippen molar-refractivity contribution >= 4 is 23.8 Å². The minimum absolute atomic E-state index is 0.0237. The zero-order valence-electron chi connectivity index (χ0n) is 10.1. The fourth-order valence-electron chi connectivity index (χ4n) is 1.72. The highest BCUT2D eigenvalue weighted by atomic mass is 32.2. The van der Waals surface area contributed by atoms with E-state index in [9.17, 15) is 9.59 Å². The third kappa shape index (κ3) is 5.30. The van der Waals surface area contributed by atoms with Crippen LogP contribution in [0.2, 0.25) is 0 Å². The van der Waals surface area contributed by atoms with Crippen molar-refractivity contribution in [1.82, 2.24) is 10.2 Å². The van der Waals surface area contributed by atoms with E-state index in [2.05, 4.69) is 5.32 Å². The van der Waals surface area contributed by atoms with Crippen LogP contribution in [0.15, 0.2) is 0 Å². The Labute approximate surface area is 106 Å². The first kappa shape index (κ1) is 14.2. The number of carbonyl (C=O) groups excluding carboxylic acids is 1. The van der Waals surface area contributed by atoms with Gasteiger partial charge in [0.15, 0.2) is 0 Å². The monoisotopic (exact) mass is 260 g/mol. The van der Waals surface area contributed by atoms with E-state index in [4.69, 9.17) is 5.11 Å². The minimum Gasteiger partial charge on any atom is -0.481 e. The van der Waals surface area contributed by atoms with Crippen molar-refractivity contribution in [3.63, 3.8) is 0 Å². The number of hydrogen-bond acceptors (Lipinski definition) is 3. The van der Waals surface area contributed by atoms with Crippen LogP contribution in [-0.2, 0) is 4.79 Å². The quantitative estimate of drug-likeness (QED) is 0.780. The van der Waals surface area contributed by atoms with Crippen molar-refractivity contribution in [2.75, 3.05) is 31.1 Å². The highest BCUT2D eigenvalue weighted by Gasteiger charge is 2.18. The highest BCUT2D eigenvalue weighted by molar-refractivity contribution is 7.99. The summed E-state index contributed by atoms with van der Waals surface area (Å²) >= 11 is 1.85. The van der Waals surface area contributed by atoms with Crippen LogP contribution in [0.4, 0.5) is 4.79 Å². The van der Waals surface area contributed by atoms with E-state index in [1.165, 1.54) is 0 Å². The van der Waals surface area contributed by atoms with Gasteiger partial charge in [0.05, 0.1) is 0 Å². The van der Waals surface area contributed by atoms with Gasteiger partial charge in [0.1, 0.15) is 0 Å². The molecule has 1 rings (SSSR count). The second kappa shape index (κ2) is 7.42. The molecule has 1 unspecified atom stereocenters. The number of amides is 2. The molecule has 1 atom stereocenters. The third-order valence-corrected chi connectivity index (χ3v) is 3.82. The summed E-state index contributed by atoms with van der Waals surface area (Å²) in [5, 5.41) is 11.5. The lowest BCUT2D eigenvalue weighted by molar-refractivity contribution is -0.138. The molecule has 0 aliphatic carbocycles. The number of urea groups is 1. The fourth-order valence-corrected chi connectivity index (χ4v) is 2.62. The first-order chi connectivity index (χ1) is 8.13. The van der Waals surface area contributed by atoms with E-state index in [-0.39, 0.29) is 18.4 Å². The third-order valence-electron chi connectivity index (χ3n) is 2.88. The van der Waals surface area contributed by atoms with Gasteiger partial charge in [-0.05, 0) is 5.92 Å². The molecule has 0 bridgehead atoms. The van der Waals surface area contributed by atoms with Gasteiger partial charge in [-0.15, -0.1) is 0 Å². The molecule has 0 aromatic rings. The number of carbonyl (C=O) groups is 2. The van der Waals surface area contributed by atoms with Crippen molar-refractivity contribution in [2.24, 2.45) is 5.92 Å². The van der Waals surface area contributed by atoms with E-state index in [0.717, 1.165) is 31.0 Å². The minimum atomic E-state index is -0.805. The van der Waals surface area contributed by atoms with Gasteiger partial charge in [-0.25, -0.2) is 4.79 Å². The Bertz CT molecular complexity index is 267. The normalized spacial score (nSPS) is 17.6. The Kier molecular flexibility index (Phi) is 6.18. The Balaban J connectivity index is 2.27. The molecule has 0 aromatic heterocycles. The van der Waals surface area contributed by atoms with Gasteiger partial charge in [0.2, 0.25) is 0 Å². The van der Waals surface area contributed by atoms with Crippen LogP contribution >= 0.6 is 11.8 Å². The molecule has 2 N–H and O–H groups in total. The maximum atomic E-state index is 11.8. The summed E-state index contributed by atoms with van der Waals surface area (Å²) in [6, 6.07) is -0.0610. The summed E-state index contributed by atoms with van der Waals surface area (Å²) < 4.78 is 0. The summed E-state index contributed by atoms with van der Waals surface area (Å²) in [6.45, 7) is 3.96. The molecular formula is C11H20N2O3S. The van der Waals surface area contributed by atoms with Crippen LogP contribution in [0.5, 0.6) is 0 Å². The summed E-state index contributed by atoms with van der Waals surface area (Å²) in [5.74, 6) is 1.19. The van der Waals surface area contributed by atoms with Crippen LogP contribution in [0, 0.1) is 5.92 Å². The number of nitrogens with one attached hydrogen (secondary N) is 1. The first-order valence-corrected chi connectivity index (χ1v) is 7.11. The molecule has 17 heavy (non-hydrogen) atoms. The second-order valence-corrected chi connectivity index (χ2v) is 5.38. The second-order valence-electron chi connectivity index (χ2n) is 4.16. The Morgan fingerprint density at radius 1 is 1.41 bits per heavy atom. The van der Waals surface area contributed by atoms with E-state index >= 15 is 0 Å². The van der Waals surface area contributed by atoms with Gasteiger partial charge in [-0.2, -0.15) is 11.8 Å². The molecule has 0 radical (unpaired) electrons. The molecule has 0 spiro atoms. The molecule has 5 nitrogen and oxygen atoms in total. The zero-order valence-corrected chi connectivity index (χ0v) is 11.0. The molecule has 6 heteroatoms. The summed E-state index contributed by atoms with van der Waals surface area (Å²) in [4.78, 5) is 24.1. The van der Waals surface area contributed by atoms with Gasteiger partial charge in [0, 0.05) is 37.6 Å². The summed E-state index contributed by atoms with van der Waals surface area (Å²) in [5.41, 5.74) is 0. The highest BCUT2D eigenvalue weighted by Crippen LogP contribution is 2.10. The van der Waals surface area contributed by atoms with E-state index < -0.39 is 5.97 Å². The van der Waals surface area contributed by atoms with E-state index in [0.29, 0.717) is 6.54 Å². The molecule has 1 heterocycles. The van der Waals surface area contributed by atoms with Crippen molar-refractivity contribution in [3.8, 4) is 0 Å². The van der Waals surface area contributed by atoms with Gasteiger partial charge in [-0.1, -0.05) is 13.3 Å². The topological polar surface area (TPSA) is 69.6 Å². The predicted molar refractivity (Wildman–Crippen MR) is 68.3 cm³/mol. The maximum absolute atomic E-state index is 11.8. The van der Waals surface area contributed by atoms with Gasteiger partial charge < -0.3 is 15.3 Å². The first-order valence-electron chi connectivity index (χ1n) is 5.95. The smallest absolute Gasteiger partial charge is 0.317 e. The van der Waals surface area contributed by atoms with Crippen LogP contribution in [-0.4, -0.2) is 53.1 Å². The van der Waals surface area contributed by atoms with Crippen LogP contribution in [0.3, 0.4) is 0 Å². The number of aliphatic carboxylic acids is 1. The molecule has 98 valence electrons. The van der Waals surface area contributed by atoms with Gasteiger partial charge in [-0.3, -0.25) is 4.79 Å². The molecule has 1 saturated heterocycles. The molecular weight excluding hydrogens is 240 g/mol. The van der Waals surface area contributed by atoms with E-state index in [1.54, 1.807) is 4.90 Å². The fraction of sp³-hybridized carbons (Fsp3) is 0.818. The molecule has 0 saturated carbocycles. The largest absolute Gasteiger partial charge is 0.481 e. The van der Waals surface area contributed by atoms with Crippen molar-refractivity contribution in [2.45, 2.75) is 19.8 Å². The molecule has 1 fully saturated rings. The average molecular weight is 260 g/mol. The van der Waals surface area contributed by atoms with Crippen LogP contribution in [0.1, 0.15) is 19.8 Å². The number of nitrogens with zero attached hydrogens (tertiary/aromatic N) is 1. The lowest BCUT2D eigenvalue weighted by Crippen LogP contribution is -2.45. The number of carboxylic acid groups (broad SMARTS) is 1. The predicted octanol–water partition coefficient (Wildman–Crippen LogP) is 1.25. The Morgan fingerprint density at radius 3 is 2.59 bits per heavy atom. The SMILES string of the molecule is CCC(CNC(=O)N1CCSCC1)CC(=O)O.